The molecule has 1 atom stereocenters. The molecule has 0 saturated carbocycles. The Morgan fingerprint density at radius 3 is 3.12 bits per heavy atom. The summed E-state index contributed by atoms with van der Waals surface area (Å²) < 4.78 is 19.1. The molecule has 0 aliphatic carbocycles. The fourth-order valence-electron chi connectivity index (χ4n) is 2.48. The summed E-state index contributed by atoms with van der Waals surface area (Å²) >= 11 is 1.56. The van der Waals surface area contributed by atoms with E-state index in [9.17, 15) is 4.39 Å². The SMILES string of the molecule is NC1=NC2(CCOc3c(F)cccc32)CCS1. The number of thioether (sulfide) groups is 1. The fourth-order valence-corrected chi connectivity index (χ4v) is 3.37. The van der Waals surface area contributed by atoms with Crippen molar-refractivity contribution in [2.24, 2.45) is 10.7 Å². The topological polar surface area (TPSA) is 47.6 Å². The van der Waals surface area contributed by atoms with Crippen molar-refractivity contribution < 1.29 is 9.13 Å². The van der Waals surface area contributed by atoms with Gasteiger partial charge in [0.2, 0.25) is 0 Å². The van der Waals surface area contributed by atoms with Gasteiger partial charge < -0.3 is 10.5 Å². The number of amidine groups is 1. The summed E-state index contributed by atoms with van der Waals surface area (Å²) in [5.74, 6) is 0.960. The Morgan fingerprint density at radius 1 is 1.41 bits per heavy atom. The van der Waals surface area contributed by atoms with Crippen LogP contribution in [0.1, 0.15) is 18.4 Å². The molecule has 90 valence electrons. The number of benzene rings is 1. The second-order valence-corrected chi connectivity index (χ2v) is 5.41. The lowest BCUT2D eigenvalue weighted by molar-refractivity contribution is 0.205. The molecular weight excluding hydrogens is 239 g/mol. The number of hydrogen-bond donors (Lipinski definition) is 1. The van der Waals surface area contributed by atoms with Crippen LogP contribution in [0.5, 0.6) is 5.75 Å². The van der Waals surface area contributed by atoms with Gasteiger partial charge in [0.05, 0.1) is 12.1 Å². The van der Waals surface area contributed by atoms with E-state index in [0.717, 1.165) is 24.2 Å². The number of para-hydroxylation sites is 1. The van der Waals surface area contributed by atoms with Crippen molar-refractivity contribution in [3.05, 3.63) is 29.6 Å². The average Bonchev–Trinajstić information content (AvgIpc) is 2.31. The van der Waals surface area contributed by atoms with Gasteiger partial charge in [-0.1, -0.05) is 23.9 Å². The van der Waals surface area contributed by atoms with E-state index in [-0.39, 0.29) is 11.4 Å². The molecule has 5 heteroatoms. The van der Waals surface area contributed by atoms with Gasteiger partial charge in [0.15, 0.2) is 16.7 Å². The Morgan fingerprint density at radius 2 is 2.29 bits per heavy atom. The molecule has 0 bridgehead atoms. The molecule has 1 aromatic carbocycles. The van der Waals surface area contributed by atoms with Gasteiger partial charge in [0.1, 0.15) is 0 Å². The van der Waals surface area contributed by atoms with E-state index in [0.29, 0.717) is 17.5 Å². The van der Waals surface area contributed by atoms with Crippen LogP contribution in [0.2, 0.25) is 0 Å². The molecule has 2 aliphatic heterocycles. The third-order valence-electron chi connectivity index (χ3n) is 3.32. The number of nitrogens with zero attached hydrogens (tertiary/aromatic N) is 1. The van der Waals surface area contributed by atoms with Crippen molar-refractivity contribution in [1.82, 2.24) is 0 Å². The van der Waals surface area contributed by atoms with Gasteiger partial charge in [-0.25, -0.2) is 4.39 Å². The predicted octanol–water partition coefficient (Wildman–Crippen LogP) is 2.26. The molecule has 2 N–H and O–H groups in total. The Hall–Kier alpha value is -1.23. The zero-order valence-corrected chi connectivity index (χ0v) is 10.1. The second kappa shape index (κ2) is 3.91. The number of hydrogen-bond acceptors (Lipinski definition) is 4. The van der Waals surface area contributed by atoms with Crippen LogP contribution in [-0.4, -0.2) is 17.5 Å². The van der Waals surface area contributed by atoms with E-state index in [1.54, 1.807) is 17.8 Å². The van der Waals surface area contributed by atoms with Crippen LogP contribution in [-0.2, 0) is 5.54 Å². The number of ether oxygens (including phenoxy) is 1. The van der Waals surface area contributed by atoms with Crippen LogP contribution >= 0.6 is 11.8 Å². The molecular formula is C12H13FN2OS. The number of fused-ring (bicyclic) bond motifs is 2. The van der Waals surface area contributed by atoms with Crippen LogP contribution < -0.4 is 10.5 Å². The highest BCUT2D eigenvalue weighted by molar-refractivity contribution is 8.13. The van der Waals surface area contributed by atoms with Gasteiger partial charge in [0, 0.05) is 17.7 Å². The van der Waals surface area contributed by atoms with Crippen molar-refractivity contribution in [2.75, 3.05) is 12.4 Å². The Balaban J connectivity index is 2.16. The zero-order chi connectivity index (χ0) is 11.9. The number of aliphatic imine (C=N–C) groups is 1. The minimum Gasteiger partial charge on any atom is -0.490 e. The van der Waals surface area contributed by atoms with Crippen LogP contribution in [0.25, 0.3) is 0 Å². The monoisotopic (exact) mass is 252 g/mol. The van der Waals surface area contributed by atoms with Crippen LogP contribution in [0, 0.1) is 5.82 Å². The molecule has 2 aliphatic rings. The summed E-state index contributed by atoms with van der Waals surface area (Å²) in [5, 5.41) is 0.591. The molecule has 1 aromatic rings. The lowest BCUT2D eigenvalue weighted by atomic mass is 9.82. The lowest BCUT2D eigenvalue weighted by Gasteiger charge is -2.38. The van der Waals surface area contributed by atoms with E-state index in [1.807, 2.05) is 6.07 Å². The van der Waals surface area contributed by atoms with E-state index in [4.69, 9.17) is 10.5 Å². The average molecular weight is 252 g/mol. The van der Waals surface area contributed by atoms with Gasteiger partial charge in [-0.15, -0.1) is 0 Å². The van der Waals surface area contributed by atoms with E-state index in [2.05, 4.69) is 4.99 Å². The molecule has 0 radical (unpaired) electrons. The van der Waals surface area contributed by atoms with Crippen molar-refractivity contribution in [3.63, 3.8) is 0 Å². The third kappa shape index (κ3) is 1.69. The molecule has 0 fully saturated rings. The van der Waals surface area contributed by atoms with Crippen LogP contribution in [0.3, 0.4) is 0 Å². The van der Waals surface area contributed by atoms with Gasteiger partial charge >= 0.3 is 0 Å². The molecule has 1 unspecified atom stereocenters. The second-order valence-electron chi connectivity index (χ2n) is 4.30. The van der Waals surface area contributed by atoms with Crippen LogP contribution in [0.15, 0.2) is 23.2 Å². The standard InChI is InChI=1S/C12H13FN2OS/c13-9-3-1-2-8-10(9)16-6-4-12(8)5-7-17-11(14)15-12/h1-3H,4-7H2,(H2,14,15). The summed E-state index contributed by atoms with van der Waals surface area (Å²) in [7, 11) is 0. The third-order valence-corrected chi connectivity index (χ3v) is 4.12. The molecule has 2 heterocycles. The maximum absolute atomic E-state index is 13.7. The first-order valence-electron chi connectivity index (χ1n) is 5.61. The summed E-state index contributed by atoms with van der Waals surface area (Å²) in [6.07, 6.45) is 1.66. The molecule has 3 rings (SSSR count). The first-order chi connectivity index (χ1) is 8.21. The minimum atomic E-state index is -0.370. The summed E-state index contributed by atoms with van der Waals surface area (Å²) in [6.45, 7) is 0.495. The fraction of sp³-hybridized carbons (Fsp3) is 0.417. The summed E-state index contributed by atoms with van der Waals surface area (Å²) in [4.78, 5) is 4.57. The Bertz CT molecular complexity index is 491. The maximum atomic E-state index is 13.7. The van der Waals surface area contributed by atoms with Crippen molar-refractivity contribution in [1.29, 1.82) is 0 Å². The van der Waals surface area contributed by atoms with Crippen molar-refractivity contribution in [3.8, 4) is 5.75 Å². The lowest BCUT2D eigenvalue weighted by Crippen LogP contribution is -2.36. The number of rotatable bonds is 0. The molecule has 0 aromatic heterocycles. The zero-order valence-electron chi connectivity index (χ0n) is 9.28. The summed E-state index contributed by atoms with van der Waals surface area (Å²) in [5.41, 5.74) is 6.28. The minimum absolute atomic E-state index is 0.312. The van der Waals surface area contributed by atoms with Gasteiger partial charge in [-0.3, -0.25) is 4.99 Å². The highest BCUT2D eigenvalue weighted by Crippen LogP contribution is 2.46. The molecule has 0 saturated heterocycles. The van der Waals surface area contributed by atoms with Gasteiger partial charge in [-0.2, -0.15) is 0 Å². The molecule has 1 spiro atoms. The van der Waals surface area contributed by atoms with Crippen molar-refractivity contribution in [2.45, 2.75) is 18.4 Å². The van der Waals surface area contributed by atoms with Crippen LogP contribution in [0.4, 0.5) is 4.39 Å². The molecule has 0 amide bonds. The molecule has 17 heavy (non-hydrogen) atoms. The molecule has 3 nitrogen and oxygen atoms in total. The number of halogens is 1. The predicted molar refractivity (Wildman–Crippen MR) is 66.9 cm³/mol. The van der Waals surface area contributed by atoms with Crippen molar-refractivity contribution >= 4 is 16.9 Å². The van der Waals surface area contributed by atoms with E-state index in [1.165, 1.54) is 6.07 Å². The summed E-state index contributed by atoms with van der Waals surface area (Å²) in [6, 6.07) is 5.02. The Labute approximate surface area is 103 Å². The van der Waals surface area contributed by atoms with E-state index >= 15 is 0 Å². The normalized spacial score (nSPS) is 27.2. The van der Waals surface area contributed by atoms with Gasteiger partial charge in [-0.05, 0) is 12.5 Å². The smallest absolute Gasteiger partial charge is 0.165 e. The maximum Gasteiger partial charge on any atom is 0.165 e. The first kappa shape index (κ1) is 10.9. The van der Waals surface area contributed by atoms with Gasteiger partial charge in [0.25, 0.3) is 0 Å². The highest BCUT2D eigenvalue weighted by Gasteiger charge is 2.40. The largest absolute Gasteiger partial charge is 0.490 e. The Kier molecular flexibility index (Phi) is 2.50. The quantitative estimate of drug-likeness (QED) is 0.770. The first-order valence-corrected chi connectivity index (χ1v) is 6.60. The van der Waals surface area contributed by atoms with E-state index < -0.39 is 0 Å². The number of nitrogens with two attached hydrogens (primary N) is 1. The highest BCUT2D eigenvalue weighted by atomic mass is 32.2.